The molecule has 1 saturated heterocycles. The summed E-state index contributed by atoms with van der Waals surface area (Å²) in [6.45, 7) is 3.07. The van der Waals surface area contributed by atoms with E-state index in [9.17, 15) is 18.0 Å². The van der Waals surface area contributed by atoms with Crippen LogP contribution in [0.4, 0.5) is 18.9 Å². The van der Waals surface area contributed by atoms with Gasteiger partial charge < -0.3 is 9.64 Å². The number of hydrogen-bond donors (Lipinski definition) is 0. The van der Waals surface area contributed by atoms with Gasteiger partial charge in [-0.1, -0.05) is 0 Å². The average Bonchev–Trinajstić information content (AvgIpc) is 3.25. The third kappa shape index (κ3) is 4.96. The van der Waals surface area contributed by atoms with E-state index in [1.807, 2.05) is 0 Å². The van der Waals surface area contributed by atoms with E-state index in [-0.39, 0.29) is 23.4 Å². The molecule has 4 nitrogen and oxygen atoms in total. The highest BCUT2D eigenvalue weighted by Gasteiger charge is 2.26. The zero-order chi connectivity index (χ0) is 22.7. The molecule has 4 rings (SSSR count). The number of thiazole rings is 1. The van der Waals surface area contributed by atoms with Crippen molar-refractivity contribution in [2.75, 3.05) is 24.6 Å². The molecule has 0 radical (unpaired) electrons. The summed E-state index contributed by atoms with van der Waals surface area (Å²) >= 11 is 1.27. The van der Waals surface area contributed by atoms with Crippen molar-refractivity contribution in [2.24, 2.45) is 5.92 Å². The van der Waals surface area contributed by atoms with Crippen molar-refractivity contribution in [2.45, 2.75) is 26.2 Å². The van der Waals surface area contributed by atoms with Crippen LogP contribution in [0, 0.1) is 23.4 Å². The zero-order valence-corrected chi connectivity index (χ0v) is 18.4. The first kappa shape index (κ1) is 22.3. The molecule has 2 heterocycles. The molecule has 0 bridgehead atoms. The third-order valence-electron chi connectivity index (χ3n) is 5.60. The molecular formula is C24H23F3N2O2S. The van der Waals surface area contributed by atoms with Crippen LogP contribution >= 0.6 is 11.3 Å². The Morgan fingerprint density at radius 3 is 2.38 bits per heavy atom. The van der Waals surface area contributed by atoms with Gasteiger partial charge >= 0.3 is 5.97 Å². The van der Waals surface area contributed by atoms with Crippen LogP contribution < -0.4 is 4.90 Å². The number of benzene rings is 2. The predicted octanol–water partition coefficient (Wildman–Crippen LogP) is 6.06. The highest BCUT2D eigenvalue weighted by Crippen LogP contribution is 2.35. The standard InChI is InChI=1S/C24H23F3N2O2S/c1-2-31-22(30)11-15-7-9-29(10-8-15)23-19(26)12-17(13-20(23)27)24-28-21(14-32-24)16-3-5-18(25)6-4-16/h3-6,12-15H,2,7-11H2,1H3. The summed E-state index contributed by atoms with van der Waals surface area (Å²) in [7, 11) is 0. The minimum absolute atomic E-state index is 0.0429. The Kier molecular flexibility index (Phi) is 6.79. The number of hydrogen-bond acceptors (Lipinski definition) is 5. The number of halogens is 3. The number of carbonyl (C=O) groups excluding carboxylic acids is 1. The normalized spacial score (nSPS) is 14.6. The number of nitrogens with zero attached hydrogens (tertiary/aromatic N) is 2. The Bertz CT molecular complexity index is 1070. The van der Waals surface area contributed by atoms with Crippen LogP contribution in [0.5, 0.6) is 0 Å². The lowest BCUT2D eigenvalue weighted by Gasteiger charge is -2.33. The monoisotopic (exact) mass is 460 g/mol. The van der Waals surface area contributed by atoms with Gasteiger partial charge in [-0.3, -0.25) is 4.79 Å². The SMILES string of the molecule is CCOC(=O)CC1CCN(c2c(F)cc(-c3nc(-c4ccc(F)cc4)cs3)cc2F)CC1. The van der Waals surface area contributed by atoms with Gasteiger partial charge in [0.05, 0.1) is 12.3 Å². The Morgan fingerprint density at radius 1 is 1.09 bits per heavy atom. The molecule has 168 valence electrons. The van der Waals surface area contributed by atoms with Gasteiger partial charge in [-0.2, -0.15) is 0 Å². The fraction of sp³-hybridized carbons (Fsp3) is 0.333. The van der Waals surface area contributed by atoms with Crippen LogP contribution in [0.15, 0.2) is 41.8 Å². The second kappa shape index (κ2) is 9.73. The molecule has 0 N–H and O–H groups in total. The topological polar surface area (TPSA) is 42.4 Å². The molecule has 3 aromatic rings. The minimum atomic E-state index is -0.637. The van der Waals surface area contributed by atoms with E-state index in [1.54, 1.807) is 29.3 Å². The van der Waals surface area contributed by atoms with Crippen molar-refractivity contribution in [3.63, 3.8) is 0 Å². The summed E-state index contributed by atoms with van der Waals surface area (Å²) < 4.78 is 48.0. The lowest BCUT2D eigenvalue weighted by Crippen LogP contribution is -2.35. The van der Waals surface area contributed by atoms with Crippen LogP contribution in [0.2, 0.25) is 0 Å². The first-order chi connectivity index (χ1) is 15.4. The molecule has 1 aliphatic rings. The van der Waals surface area contributed by atoms with Crippen LogP contribution in [0.25, 0.3) is 21.8 Å². The van der Waals surface area contributed by atoms with Crippen LogP contribution in [-0.2, 0) is 9.53 Å². The van der Waals surface area contributed by atoms with Gasteiger partial charge in [-0.05, 0) is 62.1 Å². The van der Waals surface area contributed by atoms with Gasteiger partial charge in [0.2, 0.25) is 0 Å². The number of aromatic nitrogens is 1. The summed E-state index contributed by atoms with van der Waals surface area (Å²) in [5.74, 6) is -1.68. The van der Waals surface area contributed by atoms with E-state index < -0.39 is 11.6 Å². The van der Waals surface area contributed by atoms with Gasteiger partial charge in [0.15, 0.2) is 0 Å². The van der Waals surface area contributed by atoms with Gasteiger partial charge in [0.25, 0.3) is 0 Å². The highest BCUT2D eigenvalue weighted by atomic mass is 32.1. The lowest BCUT2D eigenvalue weighted by atomic mass is 9.93. The number of esters is 1. The Morgan fingerprint density at radius 2 is 1.75 bits per heavy atom. The van der Waals surface area contributed by atoms with Crippen molar-refractivity contribution >= 4 is 23.0 Å². The fourth-order valence-corrected chi connectivity index (χ4v) is 4.78. The van der Waals surface area contributed by atoms with E-state index >= 15 is 0 Å². The van der Waals surface area contributed by atoms with Gasteiger partial charge in [0.1, 0.15) is 28.1 Å². The van der Waals surface area contributed by atoms with Gasteiger partial charge in [-0.15, -0.1) is 11.3 Å². The quantitative estimate of drug-likeness (QED) is 0.419. The molecule has 1 fully saturated rings. The van der Waals surface area contributed by atoms with E-state index in [1.165, 1.54) is 35.6 Å². The minimum Gasteiger partial charge on any atom is -0.466 e. The number of anilines is 1. The summed E-state index contributed by atoms with van der Waals surface area (Å²) in [6, 6.07) is 8.53. The van der Waals surface area contributed by atoms with Crippen molar-refractivity contribution in [3.8, 4) is 21.8 Å². The second-order valence-corrected chi connectivity index (χ2v) is 8.63. The smallest absolute Gasteiger partial charge is 0.306 e. The summed E-state index contributed by atoms with van der Waals surface area (Å²) in [6.07, 6.45) is 1.69. The van der Waals surface area contributed by atoms with Crippen molar-refractivity contribution in [3.05, 3.63) is 59.2 Å². The van der Waals surface area contributed by atoms with Crippen LogP contribution in [0.3, 0.4) is 0 Å². The molecule has 0 saturated carbocycles. The molecule has 1 aromatic heterocycles. The Balaban J connectivity index is 1.47. The van der Waals surface area contributed by atoms with Crippen molar-refractivity contribution < 1.29 is 22.7 Å². The Labute approximate surface area is 188 Å². The number of piperidine rings is 1. The molecule has 0 spiro atoms. The number of carbonyl (C=O) groups is 1. The summed E-state index contributed by atoms with van der Waals surface area (Å²) in [5, 5.41) is 2.27. The van der Waals surface area contributed by atoms with Crippen molar-refractivity contribution in [1.29, 1.82) is 0 Å². The summed E-state index contributed by atoms with van der Waals surface area (Å²) in [4.78, 5) is 17.8. The second-order valence-electron chi connectivity index (χ2n) is 7.77. The number of rotatable bonds is 6. The molecule has 0 unspecified atom stereocenters. The van der Waals surface area contributed by atoms with Gasteiger partial charge in [-0.25, -0.2) is 18.2 Å². The van der Waals surface area contributed by atoms with Crippen LogP contribution in [0.1, 0.15) is 26.2 Å². The molecule has 0 atom stereocenters. The Hall–Kier alpha value is -2.87. The fourth-order valence-electron chi connectivity index (χ4n) is 3.97. The predicted molar refractivity (Wildman–Crippen MR) is 119 cm³/mol. The molecule has 8 heteroatoms. The molecule has 1 aliphatic heterocycles. The number of ether oxygens (including phenoxy) is 1. The first-order valence-electron chi connectivity index (χ1n) is 10.6. The van der Waals surface area contributed by atoms with E-state index in [2.05, 4.69) is 4.98 Å². The molecule has 32 heavy (non-hydrogen) atoms. The largest absolute Gasteiger partial charge is 0.466 e. The maximum Gasteiger partial charge on any atom is 0.306 e. The molecule has 0 amide bonds. The van der Waals surface area contributed by atoms with Crippen molar-refractivity contribution in [1.82, 2.24) is 4.98 Å². The van der Waals surface area contributed by atoms with Gasteiger partial charge in [0, 0.05) is 36.0 Å². The third-order valence-corrected chi connectivity index (χ3v) is 6.49. The average molecular weight is 461 g/mol. The molecule has 0 aliphatic carbocycles. The van der Waals surface area contributed by atoms with Crippen LogP contribution in [-0.4, -0.2) is 30.6 Å². The highest BCUT2D eigenvalue weighted by molar-refractivity contribution is 7.13. The maximum atomic E-state index is 14.9. The summed E-state index contributed by atoms with van der Waals surface area (Å²) in [5.41, 5.74) is 1.67. The molecule has 2 aromatic carbocycles. The van der Waals surface area contributed by atoms with E-state index in [4.69, 9.17) is 4.74 Å². The zero-order valence-electron chi connectivity index (χ0n) is 17.6. The lowest BCUT2D eigenvalue weighted by molar-refractivity contribution is -0.144. The first-order valence-corrected chi connectivity index (χ1v) is 11.4. The van der Waals surface area contributed by atoms with E-state index in [0.717, 1.165) is 5.56 Å². The molecular weight excluding hydrogens is 437 g/mol. The van der Waals surface area contributed by atoms with E-state index in [0.29, 0.717) is 55.2 Å². The maximum absolute atomic E-state index is 14.9.